The van der Waals surface area contributed by atoms with E-state index in [1.54, 1.807) is 24.5 Å². The maximum atomic E-state index is 12.3. The number of hydrogen-bond donors (Lipinski definition) is 1. The Bertz CT molecular complexity index is 866. The standard InChI is InChI=1S/C17H14BrN3O2S/c1-23-16-13(6-4-8-19-16)15(22)21-17-20-10-12(24-17)9-11-5-2-3-7-14(11)18/h2-8,10H,9H2,1H3,(H,20,21,22). The Morgan fingerprint density at radius 3 is 2.88 bits per heavy atom. The number of nitrogens with zero attached hydrogens (tertiary/aromatic N) is 2. The van der Waals surface area contributed by atoms with Crippen LogP contribution in [0.1, 0.15) is 20.8 Å². The first-order valence-corrected chi connectivity index (χ1v) is 8.77. The molecule has 0 spiro atoms. The summed E-state index contributed by atoms with van der Waals surface area (Å²) in [5.41, 5.74) is 1.55. The van der Waals surface area contributed by atoms with Crippen molar-refractivity contribution in [2.45, 2.75) is 6.42 Å². The monoisotopic (exact) mass is 403 g/mol. The van der Waals surface area contributed by atoms with Crippen molar-refractivity contribution in [2.75, 3.05) is 12.4 Å². The van der Waals surface area contributed by atoms with Crippen molar-refractivity contribution in [1.82, 2.24) is 9.97 Å². The lowest BCUT2D eigenvalue weighted by Gasteiger charge is -2.05. The topological polar surface area (TPSA) is 64.1 Å². The van der Waals surface area contributed by atoms with Crippen molar-refractivity contribution in [3.8, 4) is 5.88 Å². The van der Waals surface area contributed by atoms with Gasteiger partial charge in [-0.05, 0) is 23.8 Å². The molecule has 1 aromatic carbocycles. The predicted molar refractivity (Wildman–Crippen MR) is 97.8 cm³/mol. The molecule has 0 fully saturated rings. The summed E-state index contributed by atoms with van der Waals surface area (Å²) in [4.78, 5) is 21.7. The Hall–Kier alpha value is -2.25. The van der Waals surface area contributed by atoms with Gasteiger partial charge in [0.05, 0.1) is 7.11 Å². The van der Waals surface area contributed by atoms with Crippen molar-refractivity contribution >= 4 is 38.3 Å². The maximum Gasteiger partial charge on any atom is 0.262 e. The van der Waals surface area contributed by atoms with E-state index in [1.165, 1.54) is 24.0 Å². The molecule has 0 unspecified atom stereocenters. The summed E-state index contributed by atoms with van der Waals surface area (Å²) in [7, 11) is 1.48. The van der Waals surface area contributed by atoms with Crippen LogP contribution in [0.2, 0.25) is 0 Å². The van der Waals surface area contributed by atoms with Crippen molar-refractivity contribution in [2.24, 2.45) is 0 Å². The van der Waals surface area contributed by atoms with Crippen LogP contribution in [-0.2, 0) is 6.42 Å². The lowest BCUT2D eigenvalue weighted by atomic mass is 10.1. The van der Waals surface area contributed by atoms with Gasteiger partial charge in [0.25, 0.3) is 5.91 Å². The van der Waals surface area contributed by atoms with Crippen LogP contribution < -0.4 is 10.1 Å². The highest BCUT2D eigenvalue weighted by molar-refractivity contribution is 9.10. The number of benzene rings is 1. The van der Waals surface area contributed by atoms with E-state index in [-0.39, 0.29) is 5.91 Å². The molecule has 0 radical (unpaired) electrons. The van der Waals surface area contributed by atoms with E-state index in [9.17, 15) is 4.79 Å². The van der Waals surface area contributed by atoms with Gasteiger partial charge in [0.1, 0.15) is 5.56 Å². The second-order valence-electron chi connectivity index (χ2n) is 4.91. The van der Waals surface area contributed by atoms with Crippen LogP contribution in [0.25, 0.3) is 0 Å². The third kappa shape index (κ3) is 3.80. The van der Waals surface area contributed by atoms with Gasteiger partial charge >= 0.3 is 0 Å². The number of hydrogen-bond acceptors (Lipinski definition) is 5. The number of pyridine rings is 1. The van der Waals surface area contributed by atoms with Gasteiger partial charge in [0.15, 0.2) is 5.13 Å². The van der Waals surface area contributed by atoms with E-state index in [0.29, 0.717) is 16.6 Å². The second kappa shape index (κ2) is 7.55. The smallest absolute Gasteiger partial charge is 0.262 e. The maximum absolute atomic E-state index is 12.3. The molecule has 1 N–H and O–H groups in total. The molecule has 0 saturated heterocycles. The van der Waals surface area contributed by atoms with Crippen LogP contribution in [-0.4, -0.2) is 23.0 Å². The summed E-state index contributed by atoms with van der Waals surface area (Å²) < 4.78 is 6.17. The Morgan fingerprint density at radius 1 is 1.25 bits per heavy atom. The molecule has 0 aliphatic rings. The largest absolute Gasteiger partial charge is 0.480 e. The van der Waals surface area contributed by atoms with Gasteiger partial charge in [-0.2, -0.15) is 0 Å². The van der Waals surface area contributed by atoms with Crippen LogP contribution in [0.4, 0.5) is 5.13 Å². The first-order valence-electron chi connectivity index (χ1n) is 7.16. The van der Waals surface area contributed by atoms with Gasteiger partial charge in [-0.3, -0.25) is 10.1 Å². The van der Waals surface area contributed by atoms with Crippen molar-refractivity contribution in [3.63, 3.8) is 0 Å². The van der Waals surface area contributed by atoms with Crippen molar-refractivity contribution in [1.29, 1.82) is 0 Å². The van der Waals surface area contributed by atoms with E-state index in [0.717, 1.165) is 15.8 Å². The highest BCUT2D eigenvalue weighted by Gasteiger charge is 2.15. The molecule has 0 aliphatic heterocycles. The molecule has 3 rings (SSSR count). The third-order valence-electron chi connectivity index (χ3n) is 3.31. The molecule has 0 aliphatic carbocycles. The number of carbonyl (C=O) groups excluding carboxylic acids is 1. The Labute approximate surface area is 151 Å². The van der Waals surface area contributed by atoms with Gasteiger partial charge < -0.3 is 4.74 Å². The molecule has 0 atom stereocenters. The van der Waals surface area contributed by atoms with Crippen LogP contribution in [0.3, 0.4) is 0 Å². The minimum Gasteiger partial charge on any atom is -0.480 e. The van der Waals surface area contributed by atoms with E-state index < -0.39 is 0 Å². The molecule has 7 heteroatoms. The Balaban J connectivity index is 1.72. The first-order chi connectivity index (χ1) is 11.7. The average molecular weight is 404 g/mol. The number of methoxy groups -OCH3 is 1. The fraction of sp³-hybridized carbons (Fsp3) is 0.118. The predicted octanol–water partition coefficient (Wildman–Crippen LogP) is 4.15. The van der Waals surface area contributed by atoms with Gasteiger partial charge in [0.2, 0.25) is 5.88 Å². The normalized spacial score (nSPS) is 10.4. The molecule has 5 nitrogen and oxygen atoms in total. The van der Waals surface area contributed by atoms with Crippen LogP contribution in [0, 0.1) is 0 Å². The van der Waals surface area contributed by atoms with E-state index in [4.69, 9.17) is 4.74 Å². The zero-order chi connectivity index (χ0) is 16.9. The fourth-order valence-corrected chi connectivity index (χ4v) is 3.42. The number of aromatic nitrogens is 2. The number of carbonyl (C=O) groups is 1. The summed E-state index contributed by atoms with van der Waals surface area (Å²) in [5, 5.41) is 3.34. The minimum absolute atomic E-state index is 0.290. The number of anilines is 1. The summed E-state index contributed by atoms with van der Waals surface area (Å²) in [6, 6.07) is 11.4. The summed E-state index contributed by atoms with van der Waals surface area (Å²) in [6.45, 7) is 0. The molecule has 122 valence electrons. The van der Waals surface area contributed by atoms with Gasteiger partial charge in [0, 0.05) is 28.2 Å². The lowest BCUT2D eigenvalue weighted by Crippen LogP contribution is -2.13. The third-order valence-corrected chi connectivity index (χ3v) is 4.99. The summed E-state index contributed by atoms with van der Waals surface area (Å²) >= 11 is 4.99. The number of nitrogens with one attached hydrogen (secondary N) is 1. The average Bonchev–Trinajstić information content (AvgIpc) is 3.04. The summed E-state index contributed by atoms with van der Waals surface area (Å²) in [5.74, 6) is 0.00161. The van der Waals surface area contributed by atoms with Crippen LogP contribution in [0.5, 0.6) is 5.88 Å². The molecule has 3 aromatic rings. The molecule has 1 amide bonds. The Morgan fingerprint density at radius 2 is 2.08 bits per heavy atom. The number of halogens is 1. The molecular weight excluding hydrogens is 390 g/mol. The Kier molecular flexibility index (Phi) is 5.22. The molecule has 24 heavy (non-hydrogen) atoms. The van der Waals surface area contributed by atoms with Gasteiger partial charge in [-0.1, -0.05) is 34.1 Å². The van der Waals surface area contributed by atoms with E-state index in [2.05, 4.69) is 37.3 Å². The first kappa shape index (κ1) is 16.6. The number of ether oxygens (including phenoxy) is 1. The highest BCUT2D eigenvalue weighted by Crippen LogP contribution is 2.25. The van der Waals surface area contributed by atoms with Gasteiger partial charge in [-0.15, -0.1) is 11.3 Å². The number of thiazole rings is 1. The second-order valence-corrected chi connectivity index (χ2v) is 6.88. The molecule has 0 bridgehead atoms. The zero-order valence-corrected chi connectivity index (χ0v) is 15.2. The van der Waals surface area contributed by atoms with E-state index in [1.807, 2.05) is 18.2 Å². The molecule has 0 saturated carbocycles. The van der Waals surface area contributed by atoms with Crippen molar-refractivity contribution in [3.05, 3.63) is 69.3 Å². The highest BCUT2D eigenvalue weighted by atomic mass is 79.9. The number of rotatable bonds is 5. The zero-order valence-electron chi connectivity index (χ0n) is 12.8. The summed E-state index contributed by atoms with van der Waals surface area (Å²) in [6.07, 6.45) is 4.11. The molecule has 2 aromatic heterocycles. The van der Waals surface area contributed by atoms with Crippen molar-refractivity contribution < 1.29 is 9.53 Å². The van der Waals surface area contributed by atoms with E-state index >= 15 is 0 Å². The lowest BCUT2D eigenvalue weighted by molar-refractivity contribution is 0.102. The molecular formula is C17H14BrN3O2S. The van der Waals surface area contributed by atoms with Crippen LogP contribution >= 0.6 is 27.3 Å². The fourth-order valence-electron chi connectivity index (χ4n) is 2.17. The van der Waals surface area contributed by atoms with Gasteiger partial charge in [-0.25, -0.2) is 9.97 Å². The SMILES string of the molecule is COc1ncccc1C(=O)Nc1ncc(Cc2ccccc2Br)s1. The number of amides is 1. The minimum atomic E-state index is -0.290. The quantitative estimate of drug-likeness (QED) is 0.694. The van der Waals surface area contributed by atoms with Crippen LogP contribution in [0.15, 0.2) is 53.3 Å². The molecule has 2 heterocycles.